The summed E-state index contributed by atoms with van der Waals surface area (Å²) >= 11 is 0. The second-order valence-corrected chi connectivity index (χ2v) is 3.58. The number of hydrogen-bond acceptors (Lipinski definition) is 4. The lowest BCUT2D eigenvalue weighted by Crippen LogP contribution is -2.24. The van der Waals surface area contributed by atoms with Crippen LogP contribution in [0.1, 0.15) is 11.4 Å². The fraction of sp³-hybridized carbons (Fsp3) is 0.182. The monoisotopic (exact) mass is 231 g/mol. The van der Waals surface area contributed by atoms with Gasteiger partial charge in [0, 0.05) is 6.54 Å². The van der Waals surface area contributed by atoms with Crippen molar-refractivity contribution >= 4 is 11.9 Å². The Kier molecular flexibility index (Phi) is 3.34. The first-order valence-electron chi connectivity index (χ1n) is 5.21. The average molecular weight is 231 g/mol. The largest absolute Gasteiger partial charge is 0.367 e. The number of H-pyrrole nitrogens is 1. The Bertz CT molecular complexity index is 494. The normalized spacial score (nSPS) is 10.1. The lowest BCUT2D eigenvalue weighted by molar-refractivity contribution is -0.120. The first kappa shape index (κ1) is 11.1. The van der Waals surface area contributed by atoms with Gasteiger partial charge >= 0.3 is 0 Å². The van der Waals surface area contributed by atoms with Crippen LogP contribution in [0.5, 0.6) is 0 Å². The minimum atomic E-state index is -0.120. The number of nitrogens with zero attached hydrogens (tertiary/aromatic N) is 2. The van der Waals surface area contributed by atoms with E-state index in [1.807, 2.05) is 30.3 Å². The third kappa shape index (κ3) is 3.30. The molecule has 88 valence electrons. The molecule has 6 heteroatoms. The Labute approximate surface area is 98.3 Å². The number of hydrogen-bond donors (Lipinski definition) is 3. The van der Waals surface area contributed by atoms with Crippen molar-refractivity contribution in [3.8, 4) is 0 Å². The van der Waals surface area contributed by atoms with E-state index in [9.17, 15) is 4.79 Å². The molecule has 1 heterocycles. The summed E-state index contributed by atoms with van der Waals surface area (Å²) in [6.45, 7) is 0.503. The van der Waals surface area contributed by atoms with Gasteiger partial charge in [-0.25, -0.2) is 0 Å². The van der Waals surface area contributed by atoms with Gasteiger partial charge < -0.3 is 11.1 Å². The highest BCUT2D eigenvalue weighted by molar-refractivity contribution is 5.77. The number of nitrogens with one attached hydrogen (secondary N) is 2. The van der Waals surface area contributed by atoms with Crippen molar-refractivity contribution in [3.63, 3.8) is 0 Å². The molecule has 1 aromatic heterocycles. The number of anilines is 1. The Morgan fingerprint density at radius 2 is 2.12 bits per heavy atom. The number of nitrogen functional groups attached to an aromatic ring is 1. The molecule has 0 saturated carbocycles. The molecule has 0 saturated heterocycles. The fourth-order valence-corrected chi connectivity index (χ4v) is 1.40. The summed E-state index contributed by atoms with van der Waals surface area (Å²) < 4.78 is 0. The zero-order valence-electron chi connectivity index (χ0n) is 9.18. The van der Waals surface area contributed by atoms with Crippen molar-refractivity contribution in [2.45, 2.75) is 13.0 Å². The van der Waals surface area contributed by atoms with Crippen LogP contribution in [0, 0.1) is 0 Å². The second-order valence-electron chi connectivity index (χ2n) is 3.58. The second kappa shape index (κ2) is 5.11. The number of carbonyl (C=O) groups excluding carboxylic acids is 1. The Morgan fingerprint density at radius 3 is 2.76 bits per heavy atom. The van der Waals surface area contributed by atoms with Crippen molar-refractivity contribution < 1.29 is 4.79 Å². The third-order valence-corrected chi connectivity index (χ3v) is 2.21. The summed E-state index contributed by atoms with van der Waals surface area (Å²) in [6, 6.07) is 9.69. The maximum Gasteiger partial charge on any atom is 0.239 e. The van der Waals surface area contributed by atoms with E-state index < -0.39 is 0 Å². The molecule has 0 atom stereocenters. The van der Waals surface area contributed by atoms with E-state index in [1.54, 1.807) is 0 Å². The average Bonchev–Trinajstić information content (AvgIpc) is 2.73. The van der Waals surface area contributed by atoms with Gasteiger partial charge in [-0.2, -0.15) is 4.98 Å². The van der Waals surface area contributed by atoms with Crippen molar-refractivity contribution in [2.24, 2.45) is 0 Å². The van der Waals surface area contributed by atoms with Crippen molar-refractivity contribution in [1.29, 1.82) is 0 Å². The fourth-order valence-electron chi connectivity index (χ4n) is 1.40. The molecule has 0 fully saturated rings. The highest BCUT2D eigenvalue weighted by atomic mass is 16.1. The van der Waals surface area contributed by atoms with Crippen molar-refractivity contribution in [2.75, 3.05) is 5.73 Å². The van der Waals surface area contributed by atoms with Crippen LogP contribution in [-0.2, 0) is 17.8 Å². The van der Waals surface area contributed by atoms with Gasteiger partial charge in [-0.05, 0) is 5.56 Å². The Balaban J connectivity index is 1.82. The van der Waals surface area contributed by atoms with E-state index in [0.29, 0.717) is 12.4 Å². The Morgan fingerprint density at radius 1 is 1.35 bits per heavy atom. The highest BCUT2D eigenvalue weighted by Crippen LogP contribution is 1.98. The van der Waals surface area contributed by atoms with Gasteiger partial charge in [0.15, 0.2) is 0 Å². The van der Waals surface area contributed by atoms with E-state index in [0.717, 1.165) is 5.56 Å². The molecule has 0 aliphatic carbocycles. The third-order valence-electron chi connectivity index (χ3n) is 2.21. The molecule has 17 heavy (non-hydrogen) atoms. The van der Waals surface area contributed by atoms with Crippen LogP contribution >= 0.6 is 0 Å². The van der Waals surface area contributed by atoms with Crippen LogP contribution in [0.4, 0.5) is 5.95 Å². The van der Waals surface area contributed by atoms with Gasteiger partial charge in [-0.15, -0.1) is 5.10 Å². The first-order chi connectivity index (χ1) is 8.24. The van der Waals surface area contributed by atoms with Crippen LogP contribution in [0.2, 0.25) is 0 Å². The lowest BCUT2D eigenvalue weighted by Gasteiger charge is -2.03. The van der Waals surface area contributed by atoms with Crippen molar-refractivity contribution in [1.82, 2.24) is 20.5 Å². The highest BCUT2D eigenvalue weighted by Gasteiger charge is 2.06. The van der Waals surface area contributed by atoms with Crippen LogP contribution in [0.15, 0.2) is 30.3 Å². The number of aromatic amines is 1. The van der Waals surface area contributed by atoms with E-state index in [1.165, 1.54) is 0 Å². The number of rotatable bonds is 4. The van der Waals surface area contributed by atoms with Crippen LogP contribution in [-0.4, -0.2) is 21.1 Å². The number of benzene rings is 1. The van der Waals surface area contributed by atoms with E-state index >= 15 is 0 Å². The standard InChI is InChI=1S/C11H13N5O/c12-11-14-9(15-16-11)6-10(17)13-7-8-4-2-1-3-5-8/h1-5H,6-7H2,(H,13,17)(H3,12,14,15,16). The molecular formula is C11H13N5O. The summed E-state index contributed by atoms with van der Waals surface area (Å²) in [6.07, 6.45) is 0.150. The minimum absolute atomic E-state index is 0.120. The number of amides is 1. The molecule has 1 aromatic carbocycles. The molecule has 2 aromatic rings. The molecular weight excluding hydrogens is 218 g/mol. The number of nitrogens with two attached hydrogens (primary N) is 1. The molecule has 0 bridgehead atoms. The maximum atomic E-state index is 11.6. The molecule has 6 nitrogen and oxygen atoms in total. The Hall–Kier alpha value is -2.37. The molecule has 0 aliphatic rings. The summed E-state index contributed by atoms with van der Waals surface area (Å²) in [5.41, 5.74) is 6.39. The molecule has 0 spiro atoms. The molecule has 1 amide bonds. The summed E-state index contributed by atoms with van der Waals surface area (Å²) in [5.74, 6) is 0.494. The van der Waals surface area contributed by atoms with Gasteiger partial charge in [0.05, 0.1) is 6.42 Å². The first-order valence-corrected chi connectivity index (χ1v) is 5.21. The van der Waals surface area contributed by atoms with Gasteiger partial charge in [0.2, 0.25) is 11.9 Å². The topological polar surface area (TPSA) is 96.7 Å². The molecule has 0 unspecified atom stereocenters. The zero-order chi connectivity index (χ0) is 12.1. The van der Waals surface area contributed by atoms with E-state index in [-0.39, 0.29) is 18.3 Å². The lowest BCUT2D eigenvalue weighted by atomic mass is 10.2. The number of carbonyl (C=O) groups is 1. The predicted octanol–water partition coefficient (Wildman–Crippen LogP) is 0.246. The predicted molar refractivity (Wildman–Crippen MR) is 62.8 cm³/mol. The van der Waals surface area contributed by atoms with Gasteiger partial charge in [0.25, 0.3) is 0 Å². The van der Waals surface area contributed by atoms with Gasteiger partial charge in [-0.1, -0.05) is 30.3 Å². The molecule has 2 rings (SSSR count). The smallest absolute Gasteiger partial charge is 0.239 e. The summed E-state index contributed by atoms with van der Waals surface area (Å²) in [5, 5.41) is 9.03. The zero-order valence-corrected chi connectivity index (χ0v) is 9.18. The molecule has 0 radical (unpaired) electrons. The quantitative estimate of drug-likeness (QED) is 0.702. The maximum absolute atomic E-state index is 11.6. The summed E-state index contributed by atoms with van der Waals surface area (Å²) in [4.78, 5) is 15.4. The SMILES string of the molecule is Nc1n[nH]c(CC(=O)NCc2ccccc2)n1. The van der Waals surface area contributed by atoms with Crippen LogP contribution < -0.4 is 11.1 Å². The van der Waals surface area contributed by atoms with Gasteiger partial charge in [0.1, 0.15) is 5.82 Å². The van der Waals surface area contributed by atoms with Gasteiger partial charge in [-0.3, -0.25) is 9.89 Å². The minimum Gasteiger partial charge on any atom is -0.367 e. The van der Waals surface area contributed by atoms with E-state index in [4.69, 9.17) is 5.73 Å². The molecule has 0 aliphatic heterocycles. The number of aromatic nitrogens is 3. The van der Waals surface area contributed by atoms with Crippen LogP contribution in [0.3, 0.4) is 0 Å². The van der Waals surface area contributed by atoms with Crippen LogP contribution in [0.25, 0.3) is 0 Å². The van der Waals surface area contributed by atoms with Crippen molar-refractivity contribution in [3.05, 3.63) is 41.7 Å². The van der Waals surface area contributed by atoms with E-state index in [2.05, 4.69) is 20.5 Å². The molecule has 4 N–H and O–H groups in total. The summed E-state index contributed by atoms with van der Waals surface area (Å²) in [7, 11) is 0.